The van der Waals surface area contributed by atoms with Crippen LogP contribution in [0.4, 0.5) is 11.5 Å². The topological polar surface area (TPSA) is 89.7 Å². The summed E-state index contributed by atoms with van der Waals surface area (Å²) >= 11 is 0. The van der Waals surface area contributed by atoms with Crippen LogP contribution in [0.25, 0.3) is 0 Å². The molecule has 0 amide bonds. The Morgan fingerprint density at radius 3 is 2.76 bits per heavy atom. The Morgan fingerprint density at radius 1 is 1.41 bits per heavy atom. The Hall–Kier alpha value is -2.27. The van der Waals surface area contributed by atoms with Crippen molar-refractivity contribution in [2.24, 2.45) is 0 Å². The number of hydrogen-bond donors (Lipinski definition) is 1. The van der Waals surface area contributed by atoms with Gasteiger partial charge in [0.25, 0.3) is 0 Å². The van der Waals surface area contributed by atoms with Gasteiger partial charge in [0.1, 0.15) is 11.9 Å². The van der Waals surface area contributed by atoms with E-state index in [1.807, 2.05) is 12.1 Å². The zero-order chi connectivity index (χ0) is 12.3. The first kappa shape index (κ1) is 11.2. The maximum Gasteiger partial charge on any atom is 0.165 e. The number of nitriles is 2. The minimum Gasteiger partial charge on any atom is -0.396 e. The molecule has 5 nitrogen and oxygen atoms in total. The molecular weight excluding hydrogens is 214 g/mol. The van der Waals surface area contributed by atoms with Gasteiger partial charge in [-0.3, -0.25) is 0 Å². The summed E-state index contributed by atoms with van der Waals surface area (Å²) in [5.41, 5.74) is 6.29. The minimum atomic E-state index is 0.255. The van der Waals surface area contributed by atoms with Crippen LogP contribution in [0.15, 0.2) is 12.1 Å². The summed E-state index contributed by atoms with van der Waals surface area (Å²) in [5.74, 6) is 0.744. The second-order valence-electron chi connectivity index (χ2n) is 4.05. The SMILES string of the molecule is N#CCCN(c1ccc(N)c(C#N)n1)C1CC1. The van der Waals surface area contributed by atoms with Gasteiger partial charge in [0.05, 0.1) is 18.2 Å². The van der Waals surface area contributed by atoms with Gasteiger partial charge in [0.2, 0.25) is 0 Å². The summed E-state index contributed by atoms with van der Waals surface area (Å²) in [6.45, 7) is 0.656. The molecule has 1 heterocycles. The van der Waals surface area contributed by atoms with Gasteiger partial charge in [-0.1, -0.05) is 0 Å². The first-order chi connectivity index (χ1) is 8.26. The van der Waals surface area contributed by atoms with Gasteiger partial charge in [-0.15, -0.1) is 0 Å². The molecule has 86 valence electrons. The van der Waals surface area contributed by atoms with E-state index in [0.717, 1.165) is 18.7 Å². The molecule has 1 aromatic heterocycles. The summed E-state index contributed by atoms with van der Waals surface area (Å²) in [6.07, 6.45) is 2.71. The highest BCUT2D eigenvalue weighted by Gasteiger charge is 2.29. The van der Waals surface area contributed by atoms with E-state index in [4.69, 9.17) is 16.3 Å². The Morgan fingerprint density at radius 2 is 2.18 bits per heavy atom. The van der Waals surface area contributed by atoms with Crippen LogP contribution in [0.1, 0.15) is 25.0 Å². The average Bonchev–Trinajstić information content (AvgIpc) is 3.16. The molecule has 0 aliphatic heterocycles. The third kappa shape index (κ3) is 2.46. The quantitative estimate of drug-likeness (QED) is 0.840. The summed E-state index contributed by atoms with van der Waals surface area (Å²) in [5, 5.41) is 17.5. The monoisotopic (exact) mass is 227 g/mol. The molecule has 0 atom stereocenters. The highest BCUT2D eigenvalue weighted by molar-refractivity contribution is 5.56. The molecule has 5 heteroatoms. The molecule has 0 saturated heterocycles. The van der Waals surface area contributed by atoms with Crippen molar-refractivity contribution in [3.05, 3.63) is 17.8 Å². The van der Waals surface area contributed by atoms with Crippen LogP contribution in [0.3, 0.4) is 0 Å². The molecular formula is C12H13N5. The van der Waals surface area contributed by atoms with Gasteiger partial charge in [-0.2, -0.15) is 10.5 Å². The van der Waals surface area contributed by atoms with Crippen LogP contribution in [-0.2, 0) is 0 Å². The van der Waals surface area contributed by atoms with E-state index in [2.05, 4.69) is 16.0 Å². The number of aromatic nitrogens is 1. The number of pyridine rings is 1. The first-order valence-electron chi connectivity index (χ1n) is 5.56. The van der Waals surface area contributed by atoms with Crippen molar-refractivity contribution in [3.63, 3.8) is 0 Å². The normalized spacial score (nSPS) is 13.8. The zero-order valence-electron chi connectivity index (χ0n) is 9.43. The fourth-order valence-electron chi connectivity index (χ4n) is 1.75. The van der Waals surface area contributed by atoms with Crippen molar-refractivity contribution < 1.29 is 0 Å². The molecule has 0 bridgehead atoms. The van der Waals surface area contributed by atoms with Gasteiger partial charge in [0.15, 0.2) is 5.69 Å². The molecule has 2 rings (SSSR count). The maximum atomic E-state index is 8.89. The van der Waals surface area contributed by atoms with Gasteiger partial charge in [-0.25, -0.2) is 4.98 Å². The maximum absolute atomic E-state index is 8.89. The van der Waals surface area contributed by atoms with E-state index in [1.165, 1.54) is 0 Å². The Labute approximate surface area is 100 Å². The lowest BCUT2D eigenvalue weighted by Crippen LogP contribution is -2.27. The largest absolute Gasteiger partial charge is 0.396 e. The highest BCUT2D eigenvalue weighted by atomic mass is 15.2. The Kier molecular flexibility index (Phi) is 3.11. The lowest BCUT2D eigenvalue weighted by atomic mass is 10.3. The molecule has 1 aliphatic carbocycles. The Bertz CT molecular complexity index is 493. The number of nitrogen functional groups attached to an aromatic ring is 1. The van der Waals surface area contributed by atoms with Crippen LogP contribution in [0, 0.1) is 22.7 Å². The standard InChI is InChI=1S/C12H13N5/c13-6-1-7-17(9-2-3-9)12-5-4-10(15)11(8-14)16-12/h4-5,9H,1-3,7,15H2. The van der Waals surface area contributed by atoms with Crippen molar-refractivity contribution in [3.8, 4) is 12.1 Å². The van der Waals surface area contributed by atoms with Gasteiger partial charge >= 0.3 is 0 Å². The van der Waals surface area contributed by atoms with Crippen LogP contribution >= 0.6 is 0 Å². The highest BCUT2D eigenvalue weighted by Crippen LogP contribution is 2.31. The predicted octanol–water partition coefficient (Wildman–Crippen LogP) is 1.42. The number of hydrogen-bond acceptors (Lipinski definition) is 5. The summed E-state index contributed by atoms with van der Waals surface area (Å²) in [4.78, 5) is 6.32. The average molecular weight is 227 g/mol. The second-order valence-corrected chi connectivity index (χ2v) is 4.05. The molecule has 0 aromatic carbocycles. The minimum absolute atomic E-state index is 0.255. The number of anilines is 2. The molecule has 0 spiro atoms. The van der Waals surface area contributed by atoms with E-state index in [0.29, 0.717) is 24.7 Å². The predicted molar refractivity (Wildman–Crippen MR) is 64.0 cm³/mol. The van der Waals surface area contributed by atoms with Gasteiger partial charge in [-0.05, 0) is 25.0 Å². The lowest BCUT2D eigenvalue weighted by Gasteiger charge is -2.22. The third-order valence-electron chi connectivity index (χ3n) is 2.76. The van der Waals surface area contributed by atoms with Crippen LogP contribution in [0.2, 0.25) is 0 Å². The van der Waals surface area contributed by atoms with Crippen molar-refractivity contribution in [1.29, 1.82) is 10.5 Å². The van der Waals surface area contributed by atoms with Crippen LogP contribution < -0.4 is 10.6 Å². The second kappa shape index (κ2) is 4.71. The molecule has 17 heavy (non-hydrogen) atoms. The Balaban J connectivity index is 2.24. The summed E-state index contributed by atoms with van der Waals surface area (Å²) in [6, 6.07) is 8.08. The van der Waals surface area contributed by atoms with Gasteiger partial charge < -0.3 is 10.6 Å². The number of nitrogens with two attached hydrogens (primary N) is 1. The van der Waals surface area contributed by atoms with Gasteiger partial charge in [0, 0.05) is 12.6 Å². The number of rotatable bonds is 4. The number of nitrogens with zero attached hydrogens (tertiary/aromatic N) is 4. The molecule has 0 radical (unpaired) electrons. The van der Waals surface area contributed by atoms with Crippen molar-refractivity contribution in [2.45, 2.75) is 25.3 Å². The molecule has 1 fully saturated rings. The molecule has 1 aliphatic rings. The molecule has 1 aromatic rings. The first-order valence-corrected chi connectivity index (χ1v) is 5.56. The van der Waals surface area contributed by atoms with Crippen LogP contribution in [0.5, 0.6) is 0 Å². The summed E-state index contributed by atoms with van der Waals surface area (Å²) in [7, 11) is 0. The van der Waals surface area contributed by atoms with E-state index in [1.54, 1.807) is 6.07 Å². The van der Waals surface area contributed by atoms with Crippen molar-refractivity contribution >= 4 is 11.5 Å². The fourth-order valence-corrected chi connectivity index (χ4v) is 1.75. The third-order valence-corrected chi connectivity index (χ3v) is 2.76. The molecule has 0 unspecified atom stereocenters. The van der Waals surface area contributed by atoms with E-state index in [-0.39, 0.29) is 5.69 Å². The molecule has 2 N–H and O–H groups in total. The summed E-state index contributed by atoms with van der Waals surface area (Å²) < 4.78 is 0. The zero-order valence-corrected chi connectivity index (χ0v) is 9.43. The smallest absolute Gasteiger partial charge is 0.165 e. The molecule has 1 saturated carbocycles. The lowest BCUT2D eigenvalue weighted by molar-refractivity contribution is 0.777. The van der Waals surface area contributed by atoms with Crippen molar-refractivity contribution in [2.75, 3.05) is 17.2 Å². The van der Waals surface area contributed by atoms with Crippen LogP contribution in [-0.4, -0.2) is 17.6 Å². The van der Waals surface area contributed by atoms with E-state index >= 15 is 0 Å². The van der Waals surface area contributed by atoms with Crippen molar-refractivity contribution in [1.82, 2.24) is 4.98 Å². The fraction of sp³-hybridized carbons (Fsp3) is 0.417. The van der Waals surface area contributed by atoms with E-state index in [9.17, 15) is 0 Å². The van der Waals surface area contributed by atoms with E-state index < -0.39 is 0 Å².